The van der Waals surface area contributed by atoms with Crippen LogP contribution in [0.1, 0.15) is 227 Å². The Morgan fingerprint density at radius 3 is 0.765 bits per heavy atom. The van der Waals surface area contributed by atoms with Crippen LogP contribution >= 0.6 is 0 Å². The van der Waals surface area contributed by atoms with Crippen LogP contribution in [0.5, 0.6) is 0 Å². The minimum absolute atomic E-state index is 0.0278. The lowest BCUT2D eigenvalue weighted by Gasteiger charge is -2.53. The van der Waals surface area contributed by atoms with Gasteiger partial charge in [-0.2, -0.15) is 105 Å². The van der Waals surface area contributed by atoms with Gasteiger partial charge in [0.1, 0.15) is 39.7 Å². The molecule has 0 rings (SSSR count). The molecule has 6 N–H and O–H groups in total. The molecule has 0 aliphatic heterocycles. The first-order valence-corrected chi connectivity index (χ1v) is 34.7. The molecule has 0 bridgehead atoms. The highest BCUT2D eigenvalue weighted by Gasteiger charge is 2.81. The fourth-order valence-corrected chi connectivity index (χ4v) is 12.2. The standard InChI is InChI=1S/C25H42F6O6.2C24H37F9O6/c1-15(2)17(32)35-14-16(13-18(3,4)36-21(9,10)20(7,8)33)19(5,6)37-22(11,12)23(34,24(26,27)28)25(29,30)31;1-13(2)15(34)37-12-14(16(3,4)38-18(7,8)20(11,35)22(25,26)27)17(5,6)39-19(9,10)21(36,23(28,29)30)24(31,32)33;1-13(2)15(34)37-14(17(5,6)39-18(7,8)20(11,35)22(25,26)27)12-16(3,4)38-19(9,10)21(36,23(28,29)30)24(31,32)33/h16,33-34H,1,13-14H2,2-12H3;2*14,35-36H,1,12H2,2-11H3. The van der Waals surface area contributed by atoms with Crippen LogP contribution < -0.4 is 0 Å². The summed E-state index contributed by atoms with van der Waals surface area (Å²) in [5, 5.41) is 60.7. The van der Waals surface area contributed by atoms with Gasteiger partial charge in [0.2, 0.25) is 0 Å². The highest BCUT2D eigenvalue weighted by atomic mass is 19.4. The molecule has 0 aliphatic rings. The first kappa shape index (κ1) is 115. The van der Waals surface area contributed by atoms with Gasteiger partial charge in [-0.15, -0.1) is 0 Å². The molecule has 5 unspecified atom stereocenters. The summed E-state index contributed by atoms with van der Waals surface area (Å²) in [5.74, 6) is -5.59. The van der Waals surface area contributed by atoms with Crippen LogP contribution in [-0.2, 0) is 57.0 Å². The fraction of sp³-hybridized carbons (Fsp3) is 0.877. The lowest BCUT2D eigenvalue weighted by atomic mass is 9.75. The summed E-state index contributed by atoms with van der Waals surface area (Å²) in [5.41, 5.74) is -51.8. The van der Waals surface area contributed by atoms with Crippen LogP contribution in [-0.4, -0.2) is 218 Å². The van der Waals surface area contributed by atoms with Gasteiger partial charge in [0, 0.05) is 29.1 Å². The van der Waals surface area contributed by atoms with Gasteiger partial charge in [-0.3, -0.25) is 0 Å². The summed E-state index contributed by atoms with van der Waals surface area (Å²) in [4.78, 5) is 36.4. The summed E-state index contributed by atoms with van der Waals surface area (Å²) in [6.45, 7) is 39.9. The van der Waals surface area contributed by atoms with Crippen molar-refractivity contribution in [2.45, 2.75) is 384 Å². The smallest absolute Gasteiger partial charge is 0.429 e. The SMILES string of the molecule is C=C(C)C(=O)OC(CC(C)(C)OC(C)(C)C(O)(C(F)(F)F)C(F)(F)F)C(C)(C)OC(C)(C)C(C)(O)C(F)(F)F.C=C(C)C(=O)OCC(C(C)(C)OC(C)(C)C(C)(O)C(F)(F)F)C(C)(C)OC(C)(C)C(O)(C(F)(F)F)C(F)(F)F.C=C(C)C(=O)OCC(CC(C)(C)OC(C)(C)C(C)(C)O)C(C)(C)OC(C)(C)C(O)(C(F)(F)F)C(F)(F)F. The maximum Gasteiger partial charge on any atom is 0.429 e. The average Bonchev–Trinajstić information content (AvgIpc) is 0.732. The zero-order chi connectivity index (χ0) is 94.4. The number of hydrogen-bond donors (Lipinski definition) is 6. The van der Waals surface area contributed by atoms with Crippen LogP contribution in [0.3, 0.4) is 0 Å². The van der Waals surface area contributed by atoms with Gasteiger partial charge < -0.3 is 73.3 Å². The maximum absolute atomic E-state index is 13.6. The Kier molecular flexibility index (Phi) is 35.0. The fourth-order valence-electron chi connectivity index (χ4n) is 12.2. The number of alkyl halides is 24. The number of carbonyl (C=O) groups excluding carboxylic acids is 3. The molecule has 0 aromatic heterocycles. The number of rotatable bonds is 34. The summed E-state index contributed by atoms with van der Waals surface area (Å²) in [7, 11) is 0. The van der Waals surface area contributed by atoms with Gasteiger partial charge in [-0.25, -0.2) is 14.4 Å². The Balaban J connectivity index is -0.00000164. The van der Waals surface area contributed by atoms with E-state index in [1.165, 1.54) is 48.5 Å². The largest absolute Gasteiger partial charge is 0.462 e. The van der Waals surface area contributed by atoms with E-state index in [2.05, 4.69) is 19.7 Å². The van der Waals surface area contributed by atoms with Crippen molar-refractivity contribution < 1.29 is 193 Å². The van der Waals surface area contributed by atoms with E-state index < -0.39 is 206 Å². The quantitative estimate of drug-likeness (QED) is 0.0151. The average molecular weight is 1740 g/mol. The van der Waals surface area contributed by atoms with E-state index in [-0.39, 0.29) is 23.1 Å². The van der Waals surface area contributed by atoms with Gasteiger partial charge in [0.05, 0.1) is 58.3 Å². The zero-order valence-electron chi connectivity index (χ0n) is 70.3. The van der Waals surface area contributed by atoms with Crippen molar-refractivity contribution in [3.8, 4) is 0 Å². The first-order chi connectivity index (χ1) is 49.1. The van der Waals surface area contributed by atoms with E-state index in [4.69, 9.17) is 42.6 Å². The van der Waals surface area contributed by atoms with Crippen LogP contribution in [0, 0.1) is 11.8 Å². The van der Waals surface area contributed by atoms with E-state index in [0.717, 1.165) is 83.1 Å². The van der Waals surface area contributed by atoms with Crippen LogP contribution in [0.25, 0.3) is 0 Å². The summed E-state index contributed by atoms with van der Waals surface area (Å²) < 4.78 is 375. The minimum atomic E-state index is -6.27. The molecule has 0 saturated heterocycles. The van der Waals surface area contributed by atoms with Crippen LogP contribution in [0.2, 0.25) is 0 Å². The molecule has 42 heteroatoms. The second-order valence-corrected chi connectivity index (χ2v) is 35.5. The van der Waals surface area contributed by atoms with E-state index in [1.807, 2.05) is 0 Å². The lowest BCUT2D eigenvalue weighted by Crippen LogP contribution is -2.71. The number of hydrogen-bond acceptors (Lipinski definition) is 18. The Bertz CT molecular complexity index is 3250. The monoisotopic (exact) mass is 1740 g/mol. The molecule has 0 aromatic carbocycles. The molecule has 5 atom stereocenters. The van der Waals surface area contributed by atoms with Gasteiger partial charge >= 0.3 is 67.3 Å². The summed E-state index contributed by atoms with van der Waals surface area (Å²) >= 11 is 0. The minimum Gasteiger partial charge on any atom is -0.462 e. The molecule has 0 heterocycles. The highest BCUT2D eigenvalue weighted by Crippen LogP contribution is 2.57. The molecule has 0 radical (unpaired) electrons. The molecule has 0 amide bonds. The van der Waals surface area contributed by atoms with Gasteiger partial charge in [0.15, 0.2) is 11.2 Å². The number of ether oxygens (including phenoxy) is 9. The Hall–Kier alpha value is -4.53. The predicted molar refractivity (Wildman–Crippen MR) is 369 cm³/mol. The van der Waals surface area contributed by atoms with Gasteiger partial charge in [0.25, 0.3) is 16.8 Å². The molecular weight excluding hydrogens is 1620 g/mol. The molecule has 0 aromatic rings. The predicted octanol–water partition coefficient (Wildman–Crippen LogP) is 18.1. The second kappa shape index (κ2) is 35.1. The van der Waals surface area contributed by atoms with Crippen molar-refractivity contribution in [2.75, 3.05) is 13.2 Å². The van der Waals surface area contributed by atoms with E-state index >= 15 is 0 Å². The number of carbonyl (C=O) groups is 3. The van der Waals surface area contributed by atoms with E-state index in [0.29, 0.717) is 55.4 Å². The second-order valence-electron chi connectivity index (χ2n) is 35.5. The first-order valence-electron chi connectivity index (χ1n) is 34.7. The van der Waals surface area contributed by atoms with Crippen molar-refractivity contribution in [1.29, 1.82) is 0 Å². The van der Waals surface area contributed by atoms with Crippen LogP contribution in [0.15, 0.2) is 36.5 Å². The third kappa shape index (κ3) is 26.7. The lowest BCUT2D eigenvalue weighted by molar-refractivity contribution is -0.423. The molecule has 0 aliphatic carbocycles. The van der Waals surface area contributed by atoms with Crippen LogP contribution in [0.4, 0.5) is 105 Å². The number of aliphatic hydroxyl groups is 6. The molecule has 115 heavy (non-hydrogen) atoms. The van der Waals surface area contributed by atoms with Crippen molar-refractivity contribution >= 4 is 17.9 Å². The Morgan fingerprint density at radius 1 is 0.287 bits per heavy atom. The van der Waals surface area contributed by atoms with Crippen molar-refractivity contribution in [3.05, 3.63) is 36.5 Å². The molecule has 18 nitrogen and oxygen atoms in total. The third-order valence-electron chi connectivity index (χ3n) is 20.1. The number of esters is 3. The molecule has 0 fully saturated rings. The molecule has 684 valence electrons. The number of halogens is 24. The van der Waals surface area contributed by atoms with Crippen molar-refractivity contribution in [3.63, 3.8) is 0 Å². The van der Waals surface area contributed by atoms with Gasteiger partial charge in [-0.05, 0) is 221 Å². The third-order valence-corrected chi connectivity index (χ3v) is 20.1. The highest BCUT2D eigenvalue weighted by molar-refractivity contribution is 5.87. The molecular formula is C73H116F24O18. The van der Waals surface area contributed by atoms with Crippen molar-refractivity contribution in [1.82, 2.24) is 0 Å². The molecule has 0 spiro atoms. The summed E-state index contributed by atoms with van der Waals surface area (Å²) in [6, 6.07) is 0. The molecule has 0 saturated carbocycles. The normalized spacial score (nSPS) is 17.0. The Labute approximate surface area is 654 Å². The van der Waals surface area contributed by atoms with E-state index in [1.54, 1.807) is 27.7 Å². The van der Waals surface area contributed by atoms with E-state index in [9.17, 15) is 150 Å². The topological polar surface area (TPSA) is 256 Å². The maximum atomic E-state index is 13.6. The van der Waals surface area contributed by atoms with Gasteiger partial charge in [-0.1, -0.05) is 19.7 Å². The van der Waals surface area contributed by atoms with Crippen molar-refractivity contribution in [2.24, 2.45) is 11.8 Å². The zero-order valence-corrected chi connectivity index (χ0v) is 70.3. The summed E-state index contributed by atoms with van der Waals surface area (Å²) in [6.07, 6.45) is -50.2. The Morgan fingerprint density at radius 2 is 0.513 bits per heavy atom.